The second-order valence-corrected chi connectivity index (χ2v) is 7.15. The van der Waals surface area contributed by atoms with Crippen LogP contribution in [0.25, 0.3) is 0 Å². The number of hydrogen-bond acceptors (Lipinski definition) is 2. The molecule has 134 valence electrons. The second-order valence-electron chi connectivity index (χ2n) is 6.30. The van der Waals surface area contributed by atoms with Gasteiger partial charge in [0, 0.05) is 0 Å². The van der Waals surface area contributed by atoms with Crippen LogP contribution in [0.2, 0.25) is 0 Å². The van der Waals surface area contributed by atoms with Gasteiger partial charge in [-0.2, -0.15) is 0 Å². The summed E-state index contributed by atoms with van der Waals surface area (Å²) in [5.41, 5.74) is 4.82. The molecular weight excluding hydrogens is 378 g/mol. The van der Waals surface area contributed by atoms with E-state index >= 15 is 0 Å². The fourth-order valence-electron chi connectivity index (χ4n) is 2.88. The molecule has 4 heteroatoms. The lowest BCUT2D eigenvalue weighted by atomic mass is 9.97. The van der Waals surface area contributed by atoms with Gasteiger partial charge >= 0.3 is 0 Å². The average molecular weight is 404 g/mol. The van der Waals surface area contributed by atoms with Crippen LogP contribution in [0.3, 0.4) is 0 Å². The Morgan fingerprint density at radius 2 is 1.92 bits per heavy atom. The standard InChI is InChI=1S/C21H26BrNO2/c1-5-16-8-10-20(18(22)12-16)25-13-21(24)23-19(6-2)17-9-7-14(3)11-15(17)4/h7-12,19H,5-6,13H2,1-4H3,(H,23,24). The van der Waals surface area contributed by atoms with Gasteiger partial charge in [0.2, 0.25) is 0 Å². The highest BCUT2D eigenvalue weighted by molar-refractivity contribution is 9.10. The summed E-state index contributed by atoms with van der Waals surface area (Å²) in [6.45, 7) is 8.34. The maximum absolute atomic E-state index is 12.3. The minimum Gasteiger partial charge on any atom is -0.483 e. The predicted molar refractivity (Wildman–Crippen MR) is 106 cm³/mol. The van der Waals surface area contributed by atoms with Crippen molar-refractivity contribution in [3.05, 3.63) is 63.1 Å². The number of aryl methyl sites for hydroxylation is 3. The van der Waals surface area contributed by atoms with Gasteiger partial charge < -0.3 is 10.1 Å². The van der Waals surface area contributed by atoms with E-state index in [4.69, 9.17) is 4.74 Å². The monoisotopic (exact) mass is 403 g/mol. The number of nitrogens with one attached hydrogen (secondary N) is 1. The Morgan fingerprint density at radius 3 is 2.52 bits per heavy atom. The highest BCUT2D eigenvalue weighted by atomic mass is 79.9. The van der Waals surface area contributed by atoms with Crippen molar-refractivity contribution < 1.29 is 9.53 Å². The fraction of sp³-hybridized carbons (Fsp3) is 0.381. The lowest BCUT2D eigenvalue weighted by Gasteiger charge is -2.20. The number of rotatable bonds is 7. The second kappa shape index (κ2) is 9.04. The molecular formula is C21H26BrNO2. The molecule has 0 heterocycles. The summed E-state index contributed by atoms with van der Waals surface area (Å²) in [5.74, 6) is 0.574. The van der Waals surface area contributed by atoms with Crippen molar-refractivity contribution in [3.8, 4) is 5.75 Å². The van der Waals surface area contributed by atoms with Crippen LogP contribution in [0.15, 0.2) is 40.9 Å². The summed E-state index contributed by atoms with van der Waals surface area (Å²) in [6.07, 6.45) is 1.80. The van der Waals surface area contributed by atoms with Crippen LogP contribution < -0.4 is 10.1 Å². The number of carbonyl (C=O) groups excluding carboxylic acids is 1. The minimum atomic E-state index is -0.113. The van der Waals surface area contributed by atoms with E-state index in [-0.39, 0.29) is 18.6 Å². The van der Waals surface area contributed by atoms with E-state index in [0.717, 1.165) is 22.9 Å². The molecule has 0 bridgehead atoms. The van der Waals surface area contributed by atoms with Crippen molar-refractivity contribution in [2.24, 2.45) is 0 Å². The van der Waals surface area contributed by atoms with Crippen LogP contribution in [-0.4, -0.2) is 12.5 Å². The Kier molecular flexibility index (Phi) is 7.06. The molecule has 1 unspecified atom stereocenters. The van der Waals surface area contributed by atoms with Crippen LogP contribution in [0.1, 0.15) is 48.6 Å². The molecule has 3 nitrogen and oxygen atoms in total. The summed E-state index contributed by atoms with van der Waals surface area (Å²) in [4.78, 5) is 12.3. The molecule has 25 heavy (non-hydrogen) atoms. The topological polar surface area (TPSA) is 38.3 Å². The summed E-state index contributed by atoms with van der Waals surface area (Å²) in [7, 11) is 0. The number of ether oxygens (including phenoxy) is 1. The molecule has 0 radical (unpaired) electrons. The Morgan fingerprint density at radius 1 is 1.16 bits per heavy atom. The van der Waals surface area contributed by atoms with Gasteiger partial charge in [-0.25, -0.2) is 0 Å². The van der Waals surface area contributed by atoms with Gasteiger partial charge in [0.1, 0.15) is 5.75 Å². The van der Waals surface area contributed by atoms with Gasteiger partial charge in [-0.05, 0) is 71.4 Å². The number of benzene rings is 2. The third kappa shape index (κ3) is 5.33. The minimum absolute atomic E-state index is 0.00241. The summed E-state index contributed by atoms with van der Waals surface area (Å²) in [5, 5.41) is 3.08. The number of halogens is 1. The normalized spacial score (nSPS) is 11.9. The van der Waals surface area contributed by atoms with Gasteiger partial charge in [0.15, 0.2) is 6.61 Å². The van der Waals surface area contributed by atoms with Gasteiger partial charge in [-0.1, -0.05) is 43.7 Å². The van der Waals surface area contributed by atoms with Crippen LogP contribution in [0.5, 0.6) is 5.75 Å². The molecule has 1 N–H and O–H groups in total. The van der Waals surface area contributed by atoms with Gasteiger partial charge in [0.05, 0.1) is 10.5 Å². The molecule has 0 fully saturated rings. The Bertz CT molecular complexity index is 743. The molecule has 2 rings (SSSR count). The highest BCUT2D eigenvalue weighted by Crippen LogP contribution is 2.26. The first-order valence-corrected chi connectivity index (χ1v) is 9.51. The largest absolute Gasteiger partial charge is 0.483 e. The third-order valence-corrected chi connectivity index (χ3v) is 4.93. The van der Waals surface area contributed by atoms with Gasteiger partial charge in [0.25, 0.3) is 5.91 Å². The van der Waals surface area contributed by atoms with Crippen molar-refractivity contribution >= 4 is 21.8 Å². The Balaban J connectivity index is 1.98. The molecule has 2 aromatic carbocycles. The summed E-state index contributed by atoms with van der Waals surface area (Å²) in [6, 6.07) is 12.3. The van der Waals surface area contributed by atoms with Crippen LogP contribution >= 0.6 is 15.9 Å². The Hall–Kier alpha value is -1.81. The first-order valence-electron chi connectivity index (χ1n) is 8.72. The lowest BCUT2D eigenvalue weighted by molar-refractivity contribution is -0.123. The number of amides is 1. The smallest absolute Gasteiger partial charge is 0.258 e. The van der Waals surface area contributed by atoms with E-state index < -0.39 is 0 Å². The van der Waals surface area contributed by atoms with Crippen LogP contribution in [0, 0.1) is 13.8 Å². The van der Waals surface area contributed by atoms with Crippen molar-refractivity contribution in [2.45, 2.75) is 46.6 Å². The van der Waals surface area contributed by atoms with Crippen LogP contribution in [-0.2, 0) is 11.2 Å². The molecule has 0 saturated heterocycles. The van der Waals surface area contributed by atoms with E-state index in [1.807, 2.05) is 18.2 Å². The molecule has 0 spiro atoms. The summed E-state index contributed by atoms with van der Waals surface area (Å²) >= 11 is 3.50. The Labute approximate surface area is 158 Å². The van der Waals surface area contributed by atoms with E-state index in [1.165, 1.54) is 16.7 Å². The molecule has 0 saturated carbocycles. The molecule has 0 aromatic heterocycles. The van der Waals surface area contributed by atoms with Gasteiger partial charge in [-0.3, -0.25) is 4.79 Å². The van der Waals surface area contributed by atoms with Crippen molar-refractivity contribution in [1.82, 2.24) is 5.32 Å². The van der Waals surface area contributed by atoms with E-state index in [2.05, 4.69) is 67.1 Å². The van der Waals surface area contributed by atoms with Crippen molar-refractivity contribution in [1.29, 1.82) is 0 Å². The first-order chi connectivity index (χ1) is 11.9. The fourth-order valence-corrected chi connectivity index (χ4v) is 3.42. The van der Waals surface area contributed by atoms with Gasteiger partial charge in [-0.15, -0.1) is 0 Å². The molecule has 0 aliphatic carbocycles. The molecule has 1 amide bonds. The molecule has 0 aliphatic rings. The number of hydrogen-bond donors (Lipinski definition) is 1. The lowest BCUT2D eigenvalue weighted by Crippen LogP contribution is -2.32. The maximum atomic E-state index is 12.3. The maximum Gasteiger partial charge on any atom is 0.258 e. The molecule has 0 aliphatic heterocycles. The zero-order valence-electron chi connectivity index (χ0n) is 15.4. The van der Waals surface area contributed by atoms with E-state index in [9.17, 15) is 4.79 Å². The molecule has 1 atom stereocenters. The number of carbonyl (C=O) groups is 1. The van der Waals surface area contributed by atoms with Crippen molar-refractivity contribution in [2.75, 3.05) is 6.61 Å². The highest BCUT2D eigenvalue weighted by Gasteiger charge is 2.15. The van der Waals surface area contributed by atoms with E-state index in [0.29, 0.717) is 5.75 Å². The zero-order chi connectivity index (χ0) is 18.4. The predicted octanol–water partition coefficient (Wildman–Crippen LogP) is 5.27. The van der Waals surface area contributed by atoms with E-state index in [1.54, 1.807) is 0 Å². The quantitative estimate of drug-likeness (QED) is 0.682. The third-order valence-electron chi connectivity index (χ3n) is 4.31. The SMILES string of the molecule is CCc1ccc(OCC(=O)NC(CC)c2ccc(C)cc2C)c(Br)c1. The summed E-state index contributed by atoms with van der Waals surface area (Å²) < 4.78 is 6.55. The average Bonchev–Trinajstić information content (AvgIpc) is 2.59. The zero-order valence-corrected chi connectivity index (χ0v) is 16.9. The van der Waals surface area contributed by atoms with Crippen LogP contribution in [0.4, 0.5) is 0 Å². The first kappa shape index (κ1) is 19.5. The molecule has 2 aromatic rings. The van der Waals surface area contributed by atoms with Crippen molar-refractivity contribution in [3.63, 3.8) is 0 Å².